The summed E-state index contributed by atoms with van der Waals surface area (Å²) in [6.07, 6.45) is 2.17. The highest BCUT2D eigenvalue weighted by atomic mass is 16.5. The molecule has 1 aliphatic heterocycles. The molecule has 168 valence electrons. The second-order valence-electron chi connectivity index (χ2n) is 8.24. The molecular formula is C23H35N7O. The topological polar surface area (TPSA) is 79.6 Å². The van der Waals surface area contributed by atoms with Crippen LogP contribution in [0.25, 0.3) is 0 Å². The Hall–Kier alpha value is -2.87. The van der Waals surface area contributed by atoms with Crippen LogP contribution in [0.5, 0.6) is 5.75 Å². The third kappa shape index (κ3) is 6.82. The maximum Gasteiger partial charge on any atom is 0.192 e. The van der Waals surface area contributed by atoms with Gasteiger partial charge < -0.3 is 19.9 Å². The molecule has 2 heterocycles. The first-order valence-electron chi connectivity index (χ1n) is 10.8. The highest BCUT2D eigenvalue weighted by Crippen LogP contribution is 2.13. The van der Waals surface area contributed by atoms with E-state index >= 15 is 0 Å². The van der Waals surface area contributed by atoms with Gasteiger partial charge in [0.1, 0.15) is 11.6 Å². The molecule has 1 fully saturated rings. The summed E-state index contributed by atoms with van der Waals surface area (Å²) >= 11 is 0. The number of hydrogen-bond acceptors (Lipinski definition) is 5. The smallest absolute Gasteiger partial charge is 0.192 e. The number of nitrogens with one attached hydrogen (secondary N) is 2. The Morgan fingerprint density at radius 1 is 1.23 bits per heavy atom. The molecule has 0 amide bonds. The van der Waals surface area contributed by atoms with Crippen molar-refractivity contribution in [3.63, 3.8) is 0 Å². The number of guanidine groups is 1. The summed E-state index contributed by atoms with van der Waals surface area (Å²) in [6, 6.07) is 8.41. The largest absolute Gasteiger partial charge is 0.497 e. The fourth-order valence-corrected chi connectivity index (χ4v) is 3.63. The van der Waals surface area contributed by atoms with Crippen LogP contribution in [0.2, 0.25) is 0 Å². The minimum Gasteiger partial charge on any atom is -0.497 e. The van der Waals surface area contributed by atoms with Gasteiger partial charge in [-0.25, -0.2) is 4.99 Å². The number of methoxy groups -OCH3 is 1. The second kappa shape index (κ2) is 10.9. The van der Waals surface area contributed by atoms with Gasteiger partial charge >= 0.3 is 0 Å². The molecule has 2 aromatic rings. The van der Waals surface area contributed by atoms with Crippen molar-refractivity contribution in [3.8, 4) is 5.75 Å². The van der Waals surface area contributed by atoms with E-state index in [2.05, 4.69) is 39.2 Å². The van der Waals surface area contributed by atoms with Crippen molar-refractivity contribution in [2.24, 2.45) is 12.0 Å². The quantitative estimate of drug-likeness (QED) is 0.384. The summed E-state index contributed by atoms with van der Waals surface area (Å²) in [7, 11) is 3.65. The van der Waals surface area contributed by atoms with Crippen molar-refractivity contribution in [2.45, 2.75) is 45.8 Å². The number of aromatic nitrogens is 3. The molecule has 0 unspecified atom stereocenters. The lowest BCUT2D eigenvalue weighted by Gasteiger charge is -2.33. The lowest BCUT2D eigenvalue weighted by molar-refractivity contribution is 0.221. The molecule has 0 bridgehead atoms. The normalized spacial score (nSPS) is 15.7. The lowest BCUT2D eigenvalue weighted by Crippen LogP contribution is -2.48. The van der Waals surface area contributed by atoms with Crippen LogP contribution in [0.4, 0.5) is 0 Å². The fraction of sp³-hybridized carbons (Fsp3) is 0.522. The minimum atomic E-state index is 0.393. The summed E-state index contributed by atoms with van der Waals surface area (Å²) < 4.78 is 7.23. The average molecular weight is 426 g/mol. The van der Waals surface area contributed by atoms with Crippen molar-refractivity contribution in [1.29, 1.82) is 0 Å². The van der Waals surface area contributed by atoms with Crippen molar-refractivity contribution in [3.05, 3.63) is 53.6 Å². The number of ether oxygens (including phenoxy) is 1. The predicted octanol–water partition coefficient (Wildman–Crippen LogP) is 2.41. The van der Waals surface area contributed by atoms with E-state index in [9.17, 15) is 0 Å². The standard InChI is InChI=1S/C23H35N7O/c1-17(2)16-30-12-10-20(11-13-30)26-23(25-15-22-28-27-18(3)29(22)4)24-14-19-6-8-21(31-5)9-7-19/h6-9,20H,1,10-16H2,2-5H3,(H2,24,25,26). The van der Waals surface area contributed by atoms with Crippen LogP contribution in [-0.4, -0.2) is 58.4 Å². The number of likely N-dealkylation sites (tertiary alicyclic amines) is 1. The Kier molecular flexibility index (Phi) is 8.06. The molecular weight excluding hydrogens is 390 g/mol. The van der Waals surface area contributed by atoms with Crippen molar-refractivity contribution < 1.29 is 4.74 Å². The van der Waals surface area contributed by atoms with E-state index in [1.807, 2.05) is 42.8 Å². The van der Waals surface area contributed by atoms with E-state index in [1.54, 1.807) is 7.11 Å². The molecule has 0 spiro atoms. The van der Waals surface area contributed by atoms with Gasteiger partial charge in [0.2, 0.25) is 0 Å². The first-order valence-corrected chi connectivity index (χ1v) is 10.8. The summed E-state index contributed by atoms with van der Waals surface area (Å²) in [5.41, 5.74) is 2.35. The molecule has 2 N–H and O–H groups in total. The van der Waals surface area contributed by atoms with Crippen molar-refractivity contribution >= 4 is 5.96 Å². The number of aryl methyl sites for hydroxylation is 1. The summed E-state index contributed by atoms with van der Waals surface area (Å²) in [6.45, 7) is 12.4. The summed E-state index contributed by atoms with van der Waals surface area (Å²) in [5, 5.41) is 15.5. The van der Waals surface area contributed by atoms with Crippen molar-refractivity contribution in [2.75, 3.05) is 26.7 Å². The van der Waals surface area contributed by atoms with Gasteiger partial charge in [-0.1, -0.05) is 24.3 Å². The molecule has 0 radical (unpaired) electrons. The molecule has 8 heteroatoms. The number of rotatable bonds is 8. The number of piperidine rings is 1. The van der Waals surface area contributed by atoms with Gasteiger partial charge in [-0.3, -0.25) is 4.90 Å². The zero-order valence-electron chi connectivity index (χ0n) is 19.2. The number of aliphatic imine (C=N–C) groups is 1. The summed E-state index contributed by atoms with van der Waals surface area (Å²) in [5.74, 6) is 3.43. The first-order chi connectivity index (χ1) is 14.9. The van der Waals surface area contributed by atoms with Gasteiger partial charge in [0.25, 0.3) is 0 Å². The SMILES string of the molecule is C=C(C)CN1CCC(NC(=NCc2ccc(OC)cc2)NCc2nnc(C)n2C)CC1. The molecule has 0 atom stereocenters. The van der Waals surface area contributed by atoms with E-state index in [0.717, 1.165) is 61.4 Å². The van der Waals surface area contributed by atoms with E-state index in [0.29, 0.717) is 19.1 Å². The Labute approximate surface area is 185 Å². The number of benzene rings is 1. The zero-order chi connectivity index (χ0) is 22.2. The highest BCUT2D eigenvalue weighted by Gasteiger charge is 2.20. The maximum absolute atomic E-state index is 5.24. The average Bonchev–Trinajstić information content (AvgIpc) is 3.09. The Balaban J connectivity index is 1.63. The monoisotopic (exact) mass is 425 g/mol. The van der Waals surface area contributed by atoms with Crippen LogP contribution in [0.15, 0.2) is 41.4 Å². The molecule has 0 saturated carbocycles. The third-order valence-electron chi connectivity index (χ3n) is 5.60. The van der Waals surface area contributed by atoms with Gasteiger partial charge in [0, 0.05) is 32.7 Å². The first kappa shape index (κ1) is 22.8. The molecule has 3 rings (SSSR count). The van der Waals surface area contributed by atoms with Crippen LogP contribution in [-0.2, 0) is 20.1 Å². The number of nitrogens with zero attached hydrogens (tertiary/aromatic N) is 5. The van der Waals surface area contributed by atoms with Crippen molar-refractivity contribution in [1.82, 2.24) is 30.3 Å². The summed E-state index contributed by atoms with van der Waals surface area (Å²) in [4.78, 5) is 7.29. The maximum atomic E-state index is 5.24. The predicted molar refractivity (Wildman–Crippen MR) is 124 cm³/mol. The molecule has 8 nitrogen and oxygen atoms in total. The molecule has 0 aliphatic carbocycles. The van der Waals surface area contributed by atoms with Gasteiger partial charge in [-0.2, -0.15) is 0 Å². The van der Waals surface area contributed by atoms with E-state index in [4.69, 9.17) is 9.73 Å². The van der Waals surface area contributed by atoms with E-state index in [1.165, 1.54) is 5.57 Å². The van der Waals surface area contributed by atoms with E-state index in [-0.39, 0.29) is 0 Å². The molecule has 1 aromatic heterocycles. The Morgan fingerprint density at radius 3 is 2.52 bits per heavy atom. The van der Waals surface area contributed by atoms with Crippen LogP contribution >= 0.6 is 0 Å². The van der Waals surface area contributed by atoms with E-state index < -0.39 is 0 Å². The molecule has 31 heavy (non-hydrogen) atoms. The molecule has 1 aliphatic rings. The third-order valence-corrected chi connectivity index (χ3v) is 5.60. The van der Waals surface area contributed by atoms with Crippen LogP contribution in [0, 0.1) is 6.92 Å². The van der Waals surface area contributed by atoms with Gasteiger partial charge in [-0.05, 0) is 44.4 Å². The van der Waals surface area contributed by atoms with Gasteiger partial charge in [0.15, 0.2) is 11.8 Å². The second-order valence-corrected chi connectivity index (χ2v) is 8.24. The Bertz CT molecular complexity index is 880. The number of hydrogen-bond donors (Lipinski definition) is 2. The fourth-order valence-electron chi connectivity index (χ4n) is 3.63. The van der Waals surface area contributed by atoms with Crippen LogP contribution < -0.4 is 15.4 Å². The highest BCUT2D eigenvalue weighted by molar-refractivity contribution is 5.80. The van der Waals surface area contributed by atoms with Gasteiger partial charge in [-0.15, -0.1) is 10.2 Å². The Morgan fingerprint density at radius 2 is 1.94 bits per heavy atom. The van der Waals surface area contributed by atoms with Crippen LogP contribution in [0.3, 0.4) is 0 Å². The molecule has 1 saturated heterocycles. The van der Waals surface area contributed by atoms with Crippen LogP contribution in [0.1, 0.15) is 37.0 Å². The van der Waals surface area contributed by atoms with Gasteiger partial charge in [0.05, 0.1) is 20.2 Å². The minimum absolute atomic E-state index is 0.393. The molecule has 1 aromatic carbocycles. The zero-order valence-corrected chi connectivity index (χ0v) is 19.2. The lowest BCUT2D eigenvalue weighted by atomic mass is 10.0.